The van der Waals surface area contributed by atoms with Gasteiger partial charge < -0.3 is 0 Å². The molecule has 0 aliphatic carbocycles. The van der Waals surface area contributed by atoms with Gasteiger partial charge >= 0.3 is 0 Å². The molecule has 0 aliphatic heterocycles. The highest BCUT2D eigenvalue weighted by atomic mass is 35.5. The molecule has 0 heterocycles. The van der Waals surface area contributed by atoms with E-state index >= 15 is 0 Å². The third-order valence-corrected chi connectivity index (χ3v) is 3.13. The Kier molecular flexibility index (Phi) is 3.97. The van der Waals surface area contributed by atoms with Crippen LogP contribution in [0.3, 0.4) is 0 Å². The Morgan fingerprint density at radius 2 is 2.00 bits per heavy atom. The molecule has 1 atom stereocenters. The molecule has 18 heavy (non-hydrogen) atoms. The smallest absolute Gasteiger partial charge is 0.123 e. The standard InChI is InChI=1S/C14H14ClFN2/c1-9-7-11(15)5-6-13(9)14(18-17)10-3-2-4-12(16)8-10/h2-8,14,18H,17H2,1H3. The Bertz CT molecular complexity index is 557. The van der Waals surface area contributed by atoms with Gasteiger partial charge in [0.1, 0.15) is 5.82 Å². The van der Waals surface area contributed by atoms with Crippen LogP contribution in [0.2, 0.25) is 5.02 Å². The van der Waals surface area contributed by atoms with E-state index in [-0.39, 0.29) is 11.9 Å². The summed E-state index contributed by atoms with van der Waals surface area (Å²) in [6.45, 7) is 1.95. The minimum atomic E-state index is -0.278. The van der Waals surface area contributed by atoms with E-state index in [1.807, 2.05) is 25.1 Å². The molecule has 2 aromatic carbocycles. The predicted molar refractivity (Wildman–Crippen MR) is 71.8 cm³/mol. The summed E-state index contributed by atoms with van der Waals surface area (Å²) in [5, 5.41) is 0.672. The van der Waals surface area contributed by atoms with Gasteiger partial charge in [-0.15, -0.1) is 0 Å². The Morgan fingerprint density at radius 1 is 1.22 bits per heavy atom. The second-order valence-electron chi connectivity index (χ2n) is 4.16. The van der Waals surface area contributed by atoms with Gasteiger partial charge in [-0.1, -0.05) is 29.8 Å². The Labute approximate surface area is 111 Å². The lowest BCUT2D eigenvalue weighted by atomic mass is 9.95. The number of halogens is 2. The molecule has 0 fully saturated rings. The summed E-state index contributed by atoms with van der Waals surface area (Å²) in [6, 6.07) is 11.7. The summed E-state index contributed by atoms with van der Waals surface area (Å²) in [5.41, 5.74) is 5.48. The lowest BCUT2D eigenvalue weighted by Gasteiger charge is -2.19. The number of nitrogens with two attached hydrogens (primary N) is 1. The summed E-state index contributed by atoms with van der Waals surface area (Å²) in [6.07, 6.45) is 0. The third kappa shape index (κ3) is 2.70. The van der Waals surface area contributed by atoms with Crippen molar-refractivity contribution in [2.24, 2.45) is 5.84 Å². The number of aryl methyl sites for hydroxylation is 1. The molecular weight excluding hydrogens is 251 g/mol. The van der Waals surface area contributed by atoms with Gasteiger partial charge in [-0.2, -0.15) is 0 Å². The number of rotatable bonds is 3. The molecule has 0 aliphatic rings. The Morgan fingerprint density at radius 3 is 2.61 bits per heavy atom. The highest BCUT2D eigenvalue weighted by Crippen LogP contribution is 2.26. The zero-order chi connectivity index (χ0) is 13.1. The number of hydrogen-bond donors (Lipinski definition) is 2. The van der Waals surface area contributed by atoms with Gasteiger partial charge in [-0.05, 0) is 47.9 Å². The van der Waals surface area contributed by atoms with Crippen molar-refractivity contribution in [2.45, 2.75) is 13.0 Å². The van der Waals surface area contributed by atoms with E-state index in [0.717, 1.165) is 16.7 Å². The molecule has 2 nitrogen and oxygen atoms in total. The summed E-state index contributed by atoms with van der Waals surface area (Å²) in [5.74, 6) is 5.31. The summed E-state index contributed by atoms with van der Waals surface area (Å²) < 4.78 is 13.3. The highest BCUT2D eigenvalue weighted by molar-refractivity contribution is 6.30. The quantitative estimate of drug-likeness (QED) is 0.659. The fourth-order valence-electron chi connectivity index (χ4n) is 2.01. The Balaban J connectivity index is 2.45. The lowest BCUT2D eigenvalue weighted by Crippen LogP contribution is -2.29. The molecule has 0 saturated carbocycles. The average Bonchev–Trinajstić information content (AvgIpc) is 2.33. The van der Waals surface area contributed by atoms with Crippen LogP contribution >= 0.6 is 11.6 Å². The van der Waals surface area contributed by atoms with Crippen molar-refractivity contribution in [3.63, 3.8) is 0 Å². The van der Waals surface area contributed by atoms with Crippen molar-refractivity contribution in [3.05, 3.63) is 70.0 Å². The molecule has 2 rings (SSSR count). The van der Waals surface area contributed by atoms with Gasteiger partial charge in [0.15, 0.2) is 0 Å². The molecule has 4 heteroatoms. The maximum Gasteiger partial charge on any atom is 0.123 e. The highest BCUT2D eigenvalue weighted by Gasteiger charge is 2.15. The molecule has 2 aromatic rings. The van der Waals surface area contributed by atoms with E-state index in [4.69, 9.17) is 17.4 Å². The lowest BCUT2D eigenvalue weighted by molar-refractivity contribution is 0.604. The van der Waals surface area contributed by atoms with Gasteiger partial charge in [-0.3, -0.25) is 5.84 Å². The van der Waals surface area contributed by atoms with E-state index in [0.29, 0.717) is 5.02 Å². The molecule has 0 radical (unpaired) electrons. The molecule has 0 amide bonds. The number of benzene rings is 2. The fraction of sp³-hybridized carbons (Fsp3) is 0.143. The van der Waals surface area contributed by atoms with Crippen molar-refractivity contribution in [3.8, 4) is 0 Å². The van der Waals surface area contributed by atoms with Crippen LogP contribution < -0.4 is 11.3 Å². The average molecular weight is 265 g/mol. The minimum Gasteiger partial charge on any atom is -0.271 e. The van der Waals surface area contributed by atoms with Gasteiger partial charge in [0.05, 0.1) is 6.04 Å². The van der Waals surface area contributed by atoms with Crippen molar-refractivity contribution in [1.82, 2.24) is 5.43 Å². The maximum atomic E-state index is 13.3. The normalized spacial score (nSPS) is 12.4. The number of hydrazine groups is 1. The first-order valence-electron chi connectivity index (χ1n) is 5.59. The van der Waals surface area contributed by atoms with Crippen molar-refractivity contribution in [1.29, 1.82) is 0 Å². The molecular formula is C14H14ClFN2. The number of hydrogen-bond acceptors (Lipinski definition) is 2. The fourth-order valence-corrected chi connectivity index (χ4v) is 2.24. The molecule has 0 bridgehead atoms. The van der Waals surface area contributed by atoms with Gasteiger partial charge in [0.2, 0.25) is 0 Å². The summed E-state index contributed by atoms with van der Waals surface area (Å²) in [4.78, 5) is 0. The summed E-state index contributed by atoms with van der Waals surface area (Å²) in [7, 11) is 0. The third-order valence-electron chi connectivity index (χ3n) is 2.89. The summed E-state index contributed by atoms with van der Waals surface area (Å²) >= 11 is 5.92. The minimum absolute atomic E-state index is 0.252. The molecule has 3 N–H and O–H groups in total. The van der Waals surface area contributed by atoms with E-state index in [9.17, 15) is 4.39 Å². The van der Waals surface area contributed by atoms with Crippen LogP contribution in [0, 0.1) is 12.7 Å². The maximum absolute atomic E-state index is 13.3. The van der Waals surface area contributed by atoms with Crippen LogP contribution in [-0.2, 0) is 0 Å². The van der Waals surface area contributed by atoms with E-state index in [1.165, 1.54) is 12.1 Å². The van der Waals surface area contributed by atoms with Crippen LogP contribution in [-0.4, -0.2) is 0 Å². The van der Waals surface area contributed by atoms with Crippen molar-refractivity contribution in [2.75, 3.05) is 0 Å². The molecule has 0 spiro atoms. The van der Waals surface area contributed by atoms with E-state index in [1.54, 1.807) is 12.1 Å². The molecule has 1 unspecified atom stereocenters. The Hall–Kier alpha value is -1.42. The second kappa shape index (κ2) is 5.48. The van der Waals surface area contributed by atoms with Crippen LogP contribution in [0.1, 0.15) is 22.7 Å². The molecule has 94 valence electrons. The first kappa shape index (κ1) is 13.0. The SMILES string of the molecule is Cc1cc(Cl)ccc1C(NN)c1cccc(F)c1. The topological polar surface area (TPSA) is 38.0 Å². The van der Waals surface area contributed by atoms with Crippen molar-refractivity contribution < 1.29 is 4.39 Å². The van der Waals surface area contributed by atoms with Gasteiger partial charge in [-0.25, -0.2) is 9.82 Å². The molecule has 0 aromatic heterocycles. The zero-order valence-corrected chi connectivity index (χ0v) is 10.7. The largest absolute Gasteiger partial charge is 0.271 e. The van der Waals surface area contributed by atoms with E-state index < -0.39 is 0 Å². The van der Waals surface area contributed by atoms with Gasteiger partial charge in [0, 0.05) is 5.02 Å². The first-order valence-corrected chi connectivity index (χ1v) is 5.97. The zero-order valence-electron chi connectivity index (χ0n) is 9.95. The second-order valence-corrected chi connectivity index (χ2v) is 4.59. The van der Waals surface area contributed by atoms with Gasteiger partial charge in [0.25, 0.3) is 0 Å². The predicted octanol–water partition coefficient (Wildman–Crippen LogP) is 3.34. The van der Waals surface area contributed by atoms with E-state index in [2.05, 4.69) is 5.43 Å². The first-order chi connectivity index (χ1) is 8.61. The number of nitrogens with one attached hydrogen (secondary N) is 1. The van der Waals surface area contributed by atoms with Crippen LogP contribution in [0.15, 0.2) is 42.5 Å². The molecule has 0 saturated heterocycles. The van der Waals surface area contributed by atoms with Crippen LogP contribution in [0.5, 0.6) is 0 Å². The monoisotopic (exact) mass is 264 g/mol. The van der Waals surface area contributed by atoms with Crippen molar-refractivity contribution >= 4 is 11.6 Å². The van der Waals surface area contributed by atoms with Crippen LogP contribution in [0.25, 0.3) is 0 Å². The van der Waals surface area contributed by atoms with Crippen LogP contribution in [0.4, 0.5) is 4.39 Å².